The fourth-order valence-electron chi connectivity index (χ4n) is 1.32. The van der Waals surface area contributed by atoms with Crippen LogP contribution in [-0.4, -0.2) is 11.2 Å². The molecule has 0 N–H and O–H groups in total. The summed E-state index contributed by atoms with van der Waals surface area (Å²) in [5.74, 6) is -0.0774. The third-order valence-electron chi connectivity index (χ3n) is 1.95. The van der Waals surface area contributed by atoms with E-state index < -0.39 is 0 Å². The van der Waals surface area contributed by atoms with Crippen molar-refractivity contribution in [1.29, 1.82) is 0 Å². The largest absolute Gasteiger partial charge is 0.862 e. The van der Waals surface area contributed by atoms with Gasteiger partial charge in [-0.05, 0) is 17.5 Å². The van der Waals surface area contributed by atoms with Gasteiger partial charge < -0.3 is 5.11 Å². The molecule has 82 valence electrons. The van der Waals surface area contributed by atoms with Gasteiger partial charge in [0.2, 0.25) is 11.8 Å². The van der Waals surface area contributed by atoms with Gasteiger partial charge in [-0.2, -0.15) is 0 Å². The fraction of sp³-hybridized carbons (Fsp3) is 0.182. The van der Waals surface area contributed by atoms with Crippen molar-refractivity contribution in [3.63, 3.8) is 0 Å². The van der Waals surface area contributed by atoms with Gasteiger partial charge in [0.05, 0.1) is 0 Å². The van der Waals surface area contributed by atoms with Gasteiger partial charge in [-0.15, -0.1) is 0 Å². The van der Waals surface area contributed by atoms with Gasteiger partial charge in [-0.25, -0.2) is 4.99 Å². The van der Waals surface area contributed by atoms with Crippen LogP contribution in [0.15, 0.2) is 46.0 Å². The Bertz CT molecular complexity index is 487. The zero-order valence-electron chi connectivity index (χ0n) is 8.83. The Morgan fingerprint density at radius 3 is 2.88 bits per heavy atom. The van der Waals surface area contributed by atoms with E-state index in [2.05, 4.69) is 10.3 Å². The molecule has 0 unspecified atom stereocenters. The number of nitrogens with zero attached hydrogens (tertiary/aromatic N) is 3. The Labute approximate surface area is 92.6 Å². The summed E-state index contributed by atoms with van der Waals surface area (Å²) in [5, 5.41) is 14.5. The van der Waals surface area contributed by atoms with Crippen LogP contribution in [0.1, 0.15) is 12.5 Å². The molecule has 2 aromatic rings. The van der Waals surface area contributed by atoms with Gasteiger partial charge in [0.25, 0.3) is 6.20 Å². The highest BCUT2D eigenvalue weighted by atomic mass is 16.5. The van der Waals surface area contributed by atoms with Crippen molar-refractivity contribution < 1.29 is 14.3 Å². The molecular weight excluding hydrogens is 206 g/mol. The van der Waals surface area contributed by atoms with E-state index in [4.69, 9.17) is 4.52 Å². The molecule has 0 atom stereocenters. The molecule has 5 nitrogen and oxygen atoms in total. The third-order valence-corrected chi connectivity index (χ3v) is 1.95. The number of hydrogen-bond acceptors (Lipinski definition) is 4. The van der Waals surface area contributed by atoms with Crippen LogP contribution in [0.4, 0.5) is 5.88 Å². The molecule has 0 bridgehead atoms. The molecule has 0 amide bonds. The summed E-state index contributed by atoms with van der Waals surface area (Å²) < 4.78 is 6.47. The Balaban J connectivity index is 2.12. The molecule has 0 spiro atoms. The van der Waals surface area contributed by atoms with Crippen molar-refractivity contribution >= 4 is 11.8 Å². The Kier molecular flexibility index (Phi) is 2.95. The van der Waals surface area contributed by atoms with Crippen LogP contribution in [0.25, 0.3) is 0 Å². The Morgan fingerprint density at radius 2 is 2.19 bits per heavy atom. The van der Waals surface area contributed by atoms with Crippen molar-refractivity contribution in [2.45, 2.75) is 13.5 Å². The number of rotatable bonds is 3. The quantitative estimate of drug-likeness (QED) is 0.425. The predicted molar refractivity (Wildman–Crippen MR) is 55.0 cm³/mol. The minimum Gasteiger partial charge on any atom is -0.862 e. The zero-order valence-corrected chi connectivity index (χ0v) is 8.83. The van der Waals surface area contributed by atoms with Gasteiger partial charge in [0.15, 0.2) is 0 Å². The van der Waals surface area contributed by atoms with Crippen molar-refractivity contribution in [3.05, 3.63) is 42.1 Å². The number of aromatic nitrogens is 2. The smallest absolute Gasteiger partial charge is 0.320 e. The van der Waals surface area contributed by atoms with E-state index in [0.29, 0.717) is 6.54 Å². The second-order valence-electron chi connectivity index (χ2n) is 3.35. The molecule has 0 aliphatic carbocycles. The van der Waals surface area contributed by atoms with Crippen LogP contribution in [0, 0.1) is 0 Å². The molecule has 0 saturated carbocycles. The van der Waals surface area contributed by atoms with Crippen molar-refractivity contribution in [2.24, 2.45) is 4.99 Å². The van der Waals surface area contributed by atoms with Crippen LogP contribution in [0.2, 0.25) is 0 Å². The predicted octanol–water partition coefficient (Wildman–Crippen LogP) is 0.421. The SMILES string of the molecule is C/C([O-])=N/c1c[n+](Cc2ccccc2)no1. The van der Waals surface area contributed by atoms with E-state index in [1.807, 2.05) is 30.3 Å². The maximum atomic E-state index is 10.7. The lowest BCUT2D eigenvalue weighted by Crippen LogP contribution is -2.34. The highest BCUT2D eigenvalue weighted by Crippen LogP contribution is 2.06. The van der Waals surface area contributed by atoms with Crippen LogP contribution < -0.4 is 9.79 Å². The van der Waals surface area contributed by atoms with Gasteiger partial charge in [-0.3, -0.25) is 4.52 Å². The van der Waals surface area contributed by atoms with E-state index in [9.17, 15) is 5.11 Å². The molecule has 2 rings (SSSR count). The summed E-state index contributed by atoms with van der Waals surface area (Å²) in [7, 11) is 0. The van der Waals surface area contributed by atoms with Crippen LogP contribution in [-0.2, 0) is 6.54 Å². The normalized spacial score (nSPS) is 11.7. The first-order chi connectivity index (χ1) is 7.74. The molecule has 1 heterocycles. The molecule has 0 aliphatic heterocycles. The summed E-state index contributed by atoms with van der Waals surface area (Å²) in [6, 6.07) is 9.84. The Hall–Kier alpha value is -2.17. The van der Waals surface area contributed by atoms with E-state index in [1.54, 1.807) is 10.9 Å². The fourth-order valence-corrected chi connectivity index (χ4v) is 1.32. The molecule has 0 fully saturated rings. The topological polar surface area (TPSA) is 65.3 Å². The summed E-state index contributed by atoms with van der Waals surface area (Å²) in [6.07, 6.45) is 1.59. The van der Waals surface area contributed by atoms with E-state index in [0.717, 1.165) is 5.56 Å². The van der Waals surface area contributed by atoms with Crippen molar-refractivity contribution in [1.82, 2.24) is 5.27 Å². The van der Waals surface area contributed by atoms with E-state index >= 15 is 0 Å². The highest BCUT2D eigenvalue weighted by molar-refractivity contribution is 5.70. The molecule has 5 heteroatoms. The number of benzene rings is 1. The monoisotopic (exact) mass is 217 g/mol. The van der Waals surface area contributed by atoms with Gasteiger partial charge in [0, 0.05) is 5.56 Å². The molecule has 0 radical (unpaired) electrons. The Morgan fingerprint density at radius 1 is 1.44 bits per heavy atom. The van der Waals surface area contributed by atoms with Gasteiger partial charge in [0.1, 0.15) is 0 Å². The molecule has 16 heavy (non-hydrogen) atoms. The first-order valence-corrected chi connectivity index (χ1v) is 4.87. The molecular formula is C11H11N3O2. The second kappa shape index (κ2) is 4.57. The summed E-state index contributed by atoms with van der Waals surface area (Å²) in [6.45, 7) is 1.96. The summed E-state index contributed by atoms with van der Waals surface area (Å²) in [4.78, 5) is 3.63. The number of hydrogen-bond donors (Lipinski definition) is 0. The molecule has 0 saturated heterocycles. The van der Waals surface area contributed by atoms with Crippen LogP contribution >= 0.6 is 0 Å². The summed E-state index contributed by atoms with van der Waals surface area (Å²) >= 11 is 0. The lowest BCUT2D eigenvalue weighted by Gasteiger charge is -1.95. The molecule has 0 aliphatic rings. The van der Waals surface area contributed by atoms with E-state index in [1.165, 1.54) is 6.92 Å². The standard InChI is InChI=1S/C11H11N3O2/c1-9(15)12-11-8-14(13-16-11)7-10-5-3-2-4-6-10/h2-6,8H,7H2,1H3. The maximum absolute atomic E-state index is 10.7. The van der Waals surface area contributed by atoms with Crippen LogP contribution in [0.5, 0.6) is 0 Å². The number of aliphatic imine (C=N–C) groups is 1. The van der Waals surface area contributed by atoms with Gasteiger partial charge in [-0.1, -0.05) is 30.3 Å². The average molecular weight is 217 g/mol. The molecule has 1 aromatic heterocycles. The average Bonchev–Trinajstić information content (AvgIpc) is 2.66. The van der Waals surface area contributed by atoms with Gasteiger partial charge >= 0.3 is 5.88 Å². The summed E-state index contributed by atoms with van der Waals surface area (Å²) in [5.41, 5.74) is 1.11. The molecule has 1 aromatic carbocycles. The zero-order chi connectivity index (χ0) is 11.4. The third kappa shape index (κ3) is 2.66. The first-order valence-electron chi connectivity index (χ1n) is 4.87. The van der Waals surface area contributed by atoms with E-state index in [-0.39, 0.29) is 11.8 Å². The second-order valence-corrected chi connectivity index (χ2v) is 3.35. The lowest BCUT2D eigenvalue weighted by molar-refractivity contribution is -0.754. The lowest BCUT2D eigenvalue weighted by atomic mass is 10.2. The minimum atomic E-state index is -0.303. The van der Waals surface area contributed by atoms with Crippen LogP contribution in [0.3, 0.4) is 0 Å². The van der Waals surface area contributed by atoms with Crippen molar-refractivity contribution in [3.8, 4) is 0 Å². The first kappa shape index (κ1) is 10.4. The van der Waals surface area contributed by atoms with Crippen molar-refractivity contribution in [2.75, 3.05) is 0 Å². The highest BCUT2D eigenvalue weighted by Gasteiger charge is 2.10. The minimum absolute atomic E-state index is 0.225. The maximum Gasteiger partial charge on any atom is 0.320 e.